The Morgan fingerprint density at radius 3 is 2.44 bits per heavy atom. The summed E-state index contributed by atoms with van der Waals surface area (Å²) >= 11 is -1.59. The molecule has 1 aromatic carbocycles. The number of hydrogen-bond acceptors (Lipinski definition) is 1. The molecule has 0 unspecified atom stereocenters. The average molecular weight is 227 g/mol. The summed E-state index contributed by atoms with van der Waals surface area (Å²) in [5, 5.41) is 0. The van der Waals surface area contributed by atoms with Crippen molar-refractivity contribution in [2.45, 2.75) is 6.92 Å². The van der Waals surface area contributed by atoms with E-state index in [1.807, 2.05) is 31.2 Å². The topological polar surface area (TPSA) is 17.1 Å². The molecule has 0 fully saturated rings. The van der Waals surface area contributed by atoms with Gasteiger partial charge in [-0.05, 0) is 0 Å². The van der Waals surface area contributed by atoms with Crippen LogP contribution in [0.25, 0.3) is 0 Å². The molecular formula is C7H8OSn. The summed E-state index contributed by atoms with van der Waals surface area (Å²) in [7, 11) is 0. The molecule has 1 rings (SSSR count). The first-order valence-electron chi connectivity index (χ1n) is 2.85. The van der Waals surface area contributed by atoms with Gasteiger partial charge in [0, 0.05) is 0 Å². The number of hydrogen-bond donors (Lipinski definition) is 0. The van der Waals surface area contributed by atoms with Gasteiger partial charge in [0.1, 0.15) is 0 Å². The summed E-state index contributed by atoms with van der Waals surface area (Å²) in [4.78, 5) is 0. The normalized spacial score (nSPS) is 9.00. The van der Waals surface area contributed by atoms with E-state index < -0.39 is 21.1 Å². The molecule has 0 aliphatic heterocycles. The van der Waals surface area contributed by atoms with Gasteiger partial charge in [0.25, 0.3) is 0 Å². The van der Waals surface area contributed by atoms with E-state index in [-0.39, 0.29) is 0 Å². The minimum absolute atomic E-state index is 1.09. The summed E-state index contributed by atoms with van der Waals surface area (Å²) in [6.45, 7) is 2.00. The Morgan fingerprint density at radius 1 is 1.33 bits per heavy atom. The molecule has 0 aliphatic carbocycles. The summed E-state index contributed by atoms with van der Waals surface area (Å²) in [5.41, 5.74) is 1.17. The third-order valence-corrected chi connectivity index (χ3v) is 3.89. The predicted octanol–water partition coefficient (Wildman–Crippen LogP) is 0.402. The van der Waals surface area contributed by atoms with E-state index in [0.29, 0.717) is 0 Å². The van der Waals surface area contributed by atoms with Gasteiger partial charge in [-0.25, -0.2) is 0 Å². The van der Waals surface area contributed by atoms with E-state index in [9.17, 15) is 3.08 Å². The Hall–Kier alpha value is -0.181. The van der Waals surface area contributed by atoms with Crippen molar-refractivity contribution in [3.05, 3.63) is 29.8 Å². The molecule has 0 saturated carbocycles. The van der Waals surface area contributed by atoms with Crippen LogP contribution in [0, 0.1) is 6.92 Å². The van der Waals surface area contributed by atoms with Gasteiger partial charge in [-0.2, -0.15) is 0 Å². The molecule has 0 aliphatic rings. The molecule has 0 atom stereocenters. The fourth-order valence-electron chi connectivity index (χ4n) is 0.719. The summed E-state index contributed by atoms with van der Waals surface area (Å²) < 4.78 is 11.6. The van der Waals surface area contributed by atoms with Crippen molar-refractivity contribution < 1.29 is 3.08 Å². The van der Waals surface area contributed by atoms with Crippen LogP contribution in [-0.2, 0) is 3.08 Å². The summed E-state index contributed by atoms with van der Waals surface area (Å²) in [6.07, 6.45) is 0. The summed E-state index contributed by atoms with van der Waals surface area (Å²) in [6, 6.07) is 7.85. The molecule has 0 radical (unpaired) electrons. The molecule has 9 heavy (non-hydrogen) atoms. The van der Waals surface area contributed by atoms with E-state index in [1.54, 1.807) is 0 Å². The van der Waals surface area contributed by atoms with Crippen LogP contribution in [0.1, 0.15) is 5.56 Å². The van der Waals surface area contributed by atoms with E-state index in [4.69, 9.17) is 0 Å². The molecule has 0 bridgehead atoms. The SMILES string of the molecule is Cc1cccc[c]1[SnH]=[O]. The molecule has 1 aromatic rings. The fourth-order valence-corrected chi connectivity index (χ4v) is 2.07. The molecular weight excluding hydrogens is 219 g/mol. The first-order chi connectivity index (χ1) is 4.34. The molecule has 0 spiro atoms. The molecule has 0 aromatic heterocycles. The third-order valence-electron chi connectivity index (χ3n) is 1.32. The quantitative estimate of drug-likeness (QED) is 0.634. The van der Waals surface area contributed by atoms with Gasteiger partial charge >= 0.3 is 64.5 Å². The van der Waals surface area contributed by atoms with Crippen LogP contribution in [0.4, 0.5) is 0 Å². The average Bonchev–Trinajstić information content (AvgIpc) is 1.89. The Kier molecular flexibility index (Phi) is 2.39. The van der Waals surface area contributed by atoms with E-state index in [2.05, 4.69) is 0 Å². The van der Waals surface area contributed by atoms with Crippen LogP contribution >= 0.6 is 0 Å². The molecule has 1 nitrogen and oxygen atoms in total. The van der Waals surface area contributed by atoms with Gasteiger partial charge in [-0.3, -0.25) is 0 Å². The van der Waals surface area contributed by atoms with Crippen molar-refractivity contribution in [2.24, 2.45) is 0 Å². The van der Waals surface area contributed by atoms with Crippen LogP contribution in [0.15, 0.2) is 24.3 Å². The van der Waals surface area contributed by atoms with Crippen LogP contribution in [-0.4, -0.2) is 21.1 Å². The maximum atomic E-state index is 10.5. The number of aryl methyl sites for hydroxylation is 1. The van der Waals surface area contributed by atoms with Crippen molar-refractivity contribution in [1.82, 2.24) is 0 Å². The van der Waals surface area contributed by atoms with E-state index in [1.165, 1.54) is 5.56 Å². The van der Waals surface area contributed by atoms with Gasteiger partial charge in [0.2, 0.25) is 0 Å². The Bertz CT molecular complexity index is 220. The Morgan fingerprint density at radius 2 is 2.00 bits per heavy atom. The molecule has 46 valence electrons. The second-order valence-corrected chi connectivity index (χ2v) is 4.42. The first kappa shape index (κ1) is 6.93. The first-order valence-corrected chi connectivity index (χ1v) is 5.84. The predicted molar refractivity (Wildman–Crippen MR) is 38.6 cm³/mol. The fraction of sp³-hybridized carbons (Fsp3) is 0.143. The zero-order valence-electron chi connectivity index (χ0n) is 5.29. The Balaban J connectivity index is 3.15. The maximum absolute atomic E-state index is 10.5. The number of rotatable bonds is 1. The molecule has 2 heteroatoms. The van der Waals surface area contributed by atoms with Gasteiger partial charge in [0.05, 0.1) is 0 Å². The molecule has 0 N–H and O–H groups in total. The zero-order chi connectivity index (χ0) is 6.69. The van der Waals surface area contributed by atoms with Crippen LogP contribution in [0.5, 0.6) is 0 Å². The third kappa shape index (κ3) is 1.61. The molecule has 0 heterocycles. The van der Waals surface area contributed by atoms with Crippen molar-refractivity contribution >= 4 is 24.7 Å². The zero-order valence-corrected chi connectivity index (χ0v) is 8.59. The van der Waals surface area contributed by atoms with Crippen LogP contribution in [0.3, 0.4) is 0 Å². The number of benzene rings is 1. The molecule has 0 amide bonds. The van der Waals surface area contributed by atoms with E-state index >= 15 is 0 Å². The van der Waals surface area contributed by atoms with Gasteiger partial charge in [-0.15, -0.1) is 0 Å². The van der Waals surface area contributed by atoms with E-state index in [0.717, 1.165) is 3.58 Å². The van der Waals surface area contributed by atoms with Crippen LogP contribution < -0.4 is 3.58 Å². The standard InChI is InChI=1S/C7H7.O.Sn.H/c1-7-5-3-2-4-6-7;;;/h2-5H,1H3;;;. The van der Waals surface area contributed by atoms with Crippen molar-refractivity contribution in [3.8, 4) is 0 Å². The second-order valence-electron chi connectivity index (χ2n) is 1.97. The van der Waals surface area contributed by atoms with Gasteiger partial charge < -0.3 is 0 Å². The van der Waals surface area contributed by atoms with Gasteiger partial charge in [-0.1, -0.05) is 0 Å². The molecule has 0 saturated heterocycles. The summed E-state index contributed by atoms with van der Waals surface area (Å²) in [5.74, 6) is 0. The Labute approximate surface area is 64.7 Å². The monoisotopic (exact) mass is 228 g/mol. The minimum atomic E-state index is -1.59. The van der Waals surface area contributed by atoms with Crippen LogP contribution in [0.2, 0.25) is 0 Å². The van der Waals surface area contributed by atoms with Crippen molar-refractivity contribution in [1.29, 1.82) is 0 Å². The van der Waals surface area contributed by atoms with Crippen molar-refractivity contribution in [3.63, 3.8) is 0 Å². The second kappa shape index (κ2) is 3.11. The van der Waals surface area contributed by atoms with Gasteiger partial charge in [0.15, 0.2) is 0 Å². The van der Waals surface area contributed by atoms with Crippen molar-refractivity contribution in [2.75, 3.05) is 0 Å².